The fourth-order valence-corrected chi connectivity index (χ4v) is 2.16. The molecule has 0 aliphatic heterocycles. The van der Waals surface area contributed by atoms with Gasteiger partial charge in [0.2, 0.25) is 9.70 Å². The van der Waals surface area contributed by atoms with Gasteiger partial charge in [-0.2, -0.15) is 0 Å². The van der Waals surface area contributed by atoms with Gasteiger partial charge in [0, 0.05) is 9.26 Å². The van der Waals surface area contributed by atoms with Gasteiger partial charge >= 0.3 is 0 Å². The standard InChI is InChI=1S/C12H11Cl3IN3OS/c1-2-9(20)18-10(12(13,14)15)19-11(21)17-8-5-3-7(16)4-6-8/h2-6,10H,1H2,(H,18,20)(H2,17,19,21)/t10-/m1/s1. The lowest BCUT2D eigenvalue weighted by Gasteiger charge is -2.27. The van der Waals surface area contributed by atoms with E-state index in [0.717, 1.165) is 15.3 Å². The summed E-state index contributed by atoms with van der Waals surface area (Å²) in [6, 6.07) is 7.53. The van der Waals surface area contributed by atoms with Crippen LogP contribution in [0.25, 0.3) is 0 Å². The number of benzene rings is 1. The van der Waals surface area contributed by atoms with Crippen molar-refractivity contribution in [2.75, 3.05) is 5.32 Å². The third-order valence-corrected chi connectivity index (χ3v) is 3.77. The molecule has 9 heteroatoms. The first kappa shape index (κ1) is 18.8. The summed E-state index contributed by atoms with van der Waals surface area (Å²) in [6.45, 7) is 3.33. The molecule has 0 unspecified atom stereocenters. The average molecular weight is 479 g/mol. The summed E-state index contributed by atoms with van der Waals surface area (Å²) >= 11 is 24.7. The number of amides is 1. The van der Waals surface area contributed by atoms with Crippen LogP contribution in [0.1, 0.15) is 0 Å². The maximum Gasteiger partial charge on any atom is 0.245 e. The number of hydrogen-bond acceptors (Lipinski definition) is 2. The molecule has 1 aromatic carbocycles. The molecule has 1 atom stereocenters. The largest absolute Gasteiger partial charge is 0.339 e. The van der Waals surface area contributed by atoms with Crippen LogP contribution in [0.2, 0.25) is 0 Å². The molecule has 21 heavy (non-hydrogen) atoms. The highest BCUT2D eigenvalue weighted by Crippen LogP contribution is 2.29. The molecule has 114 valence electrons. The minimum Gasteiger partial charge on any atom is -0.339 e. The lowest BCUT2D eigenvalue weighted by atomic mass is 10.3. The number of carbonyl (C=O) groups is 1. The summed E-state index contributed by atoms with van der Waals surface area (Å²) < 4.78 is -0.689. The summed E-state index contributed by atoms with van der Waals surface area (Å²) in [6.07, 6.45) is 0.0672. The van der Waals surface area contributed by atoms with E-state index in [1.165, 1.54) is 0 Å². The Morgan fingerprint density at radius 2 is 1.86 bits per heavy atom. The lowest BCUT2D eigenvalue weighted by molar-refractivity contribution is -0.117. The monoisotopic (exact) mass is 477 g/mol. The quantitative estimate of drug-likeness (QED) is 0.204. The molecule has 1 amide bonds. The fraction of sp³-hybridized carbons (Fsp3) is 0.167. The zero-order chi connectivity index (χ0) is 16.0. The molecule has 0 aliphatic carbocycles. The van der Waals surface area contributed by atoms with E-state index < -0.39 is 15.9 Å². The Hall–Kier alpha value is -0.280. The van der Waals surface area contributed by atoms with Gasteiger partial charge in [-0.05, 0) is 65.2 Å². The molecule has 3 N–H and O–H groups in total. The molecule has 0 heterocycles. The second-order valence-electron chi connectivity index (χ2n) is 3.79. The van der Waals surface area contributed by atoms with Crippen molar-refractivity contribution in [2.24, 2.45) is 0 Å². The minimum atomic E-state index is -1.78. The highest BCUT2D eigenvalue weighted by molar-refractivity contribution is 14.1. The number of alkyl halides is 3. The number of rotatable bonds is 4. The van der Waals surface area contributed by atoms with Gasteiger partial charge in [-0.1, -0.05) is 41.4 Å². The van der Waals surface area contributed by atoms with Gasteiger partial charge in [-0.3, -0.25) is 4.79 Å². The Labute approximate surface area is 156 Å². The number of hydrogen-bond donors (Lipinski definition) is 3. The van der Waals surface area contributed by atoms with Crippen molar-refractivity contribution in [2.45, 2.75) is 9.96 Å². The first-order valence-electron chi connectivity index (χ1n) is 5.55. The molecule has 0 saturated carbocycles. The Morgan fingerprint density at radius 3 is 2.33 bits per heavy atom. The smallest absolute Gasteiger partial charge is 0.245 e. The van der Waals surface area contributed by atoms with Gasteiger partial charge in [0.25, 0.3) is 0 Å². The highest BCUT2D eigenvalue weighted by atomic mass is 127. The van der Waals surface area contributed by atoms with E-state index in [0.29, 0.717) is 0 Å². The first-order chi connectivity index (χ1) is 9.72. The van der Waals surface area contributed by atoms with E-state index in [2.05, 4.69) is 45.1 Å². The van der Waals surface area contributed by atoms with Crippen LogP contribution in [0.5, 0.6) is 0 Å². The normalized spacial score (nSPS) is 12.2. The third-order valence-electron chi connectivity index (χ3n) is 2.18. The van der Waals surface area contributed by atoms with Crippen molar-refractivity contribution in [1.82, 2.24) is 10.6 Å². The number of nitrogens with one attached hydrogen (secondary N) is 3. The zero-order valence-corrected chi connectivity index (χ0v) is 15.7. The molecule has 0 saturated heterocycles. The van der Waals surface area contributed by atoms with Gasteiger partial charge < -0.3 is 16.0 Å². The fourth-order valence-electron chi connectivity index (χ4n) is 1.23. The highest BCUT2D eigenvalue weighted by Gasteiger charge is 2.34. The van der Waals surface area contributed by atoms with Crippen LogP contribution in [0, 0.1) is 3.57 Å². The van der Waals surface area contributed by atoms with Gasteiger partial charge in [0.15, 0.2) is 5.11 Å². The number of thiocarbonyl (C=S) groups is 1. The maximum atomic E-state index is 11.3. The zero-order valence-electron chi connectivity index (χ0n) is 10.5. The summed E-state index contributed by atoms with van der Waals surface area (Å²) in [5, 5.41) is 8.30. The van der Waals surface area contributed by atoms with Crippen molar-refractivity contribution < 1.29 is 4.79 Å². The third kappa shape index (κ3) is 7.01. The number of anilines is 1. The number of halogens is 4. The summed E-state index contributed by atoms with van der Waals surface area (Å²) in [4.78, 5) is 11.3. The van der Waals surface area contributed by atoms with Gasteiger partial charge in [0.1, 0.15) is 6.17 Å². The van der Waals surface area contributed by atoms with E-state index in [-0.39, 0.29) is 5.11 Å². The minimum absolute atomic E-state index is 0.205. The maximum absolute atomic E-state index is 11.3. The molecular formula is C12H11Cl3IN3OS. The van der Waals surface area contributed by atoms with Crippen LogP contribution in [-0.4, -0.2) is 21.0 Å². The lowest BCUT2D eigenvalue weighted by Crippen LogP contribution is -2.55. The Balaban J connectivity index is 2.69. The van der Waals surface area contributed by atoms with Crippen LogP contribution >= 0.6 is 69.6 Å². The molecule has 0 bridgehead atoms. The van der Waals surface area contributed by atoms with E-state index in [1.807, 2.05) is 24.3 Å². The van der Waals surface area contributed by atoms with Crippen LogP contribution in [0.4, 0.5) is 5.69 Å². The van der Waals surface area contributed by atoms with Crippen LogP contribution in [-0.2, 0) is 4.79 Å². The summed E-state index contributed by atoms with van der Waals surface area (Å²) in [7, 11) is 0. The molecule has 1 rings (SSSR count). The summed E-state index contributed by atoms with van der Waals surface area (Å²) in [5.74, 6) is -0.490. The van der Waals surface area contributed by atoms with Crippen LogP contribution in [0.15, 0.2) is 36.9 Å². The Kier molecular flexibility index (Phi) is 7.49. The summed E-state index contributed by atoms with van der Waals surface area (Å²) in [5.41, 5.74) is 0.769. The average Bonchev–Trinajstić information content (AvgIpc) is 2.39. The van der Waals surface area contributed by atoms with E-state index in [4.69, 9.17) is 47.0 Å². The molecule has 0 aromatic heterocycles. The molecular weight excluding hydrogens is 467 g/mol. The van der Waals surface area contributed by atoms with Crippen LogP contribution in [0.3, 0.4) is 0 Å². The molecule has 0 fully saturated rings. The Bertz CT molecular complexity index is 534. The van der Waals surface area contributed by atoms with Gasteiger partial charge in [-0.15, -0.1) is 0 Å². The van der Waals surface area contributed by atoms with E-state index in [9.17, 15) is 4.79 Å². The van der Waals surface area contributed by atoms with Gasteiger partial charge in [-0.25, -0.2) is 0 Å². The number of carbonyl (C=O) groups excluding carboxylic acids is 1. The van der Waals surface area contributed by atoms with Crippen molar-refractivity contribution in [3.63, 3.8) is 0 Å². The van der Waals surface area contributed by atoms with Crippen molar-refractivity contribution in [3.05, 3.63) is 40.5 Å². The Morgan fingerprint density at radius 1 is 1.29 bits per heavy atom. The van der Waals surface area contributed by atoms with E-state index >= 15 is 0 Å². The molecule has 0 aliphatic rings. The SMILES string of the molecule is C=CC(=O)N[C@H](NC(=S)Nc1ccc(I)cc1)C(Cl)(Cl)Cl. The first-order valence-corrected chi connectivity index (χ1v) is 8.17. The molecule has 0 radical (unpaired) electrons. The van der Waals surface area contributed by atoms with Crippen molar-refractivity contribution >= 4 is 86.3 Å². The van der Waals surface area contributed by atoms with Crippen molar-refractivity contribution in [3.8, 4) is 0 Å². The predicted molar refractivity (Wildman–Crippen MR) is 101 cm³/mol. The topological polar surface area (TPSA) is 53.2 Å². The van der Waals surface area contributed by atoms with Crippen molar-refractivity contribution in [1.29, 1.82) is 0 Å². The molecule has 4 nitrogen and oxygen atoms in total. The van der Waals surface area contributed by atoms with Gasteiger partial charge in [0.05, 0.1) is 0 Å². The molecule has 0 spiro atoms. The molecule has 1 aromatic rings. The second-order valence-corrected chi connectivity index (χ2v) is 7.82. The second kappa shape index (κ2) is 8.38. The van der Waals surface area contributed by atoms with Crippen LogP contribution < -0.4 is 16.0 Å². The predicted octanol–water partition coefficient (Wildman–Crippen LogP) is 3.58. The van der Waals surface area contributed by atoms with E-state index in [1.54, 1.807) is 0 Å².